The normalized spacial score (nSPS) is 10.9. The van der Waals surface area contributed by atoms with Crippen molar-refractivity contribution in [1.82, 2.24) is 15.3 Å². The second kappa shape index (κ2) is 9.03. The summed E-state index contributed by atoms with van der Waals surface area (Å²) in [6.07, 6.45) is 6.37. The molecule has 0 spiro atoms. The van der Waals surface area contributed by atoms with Crippen LogP contribution in [0.4, 0.5) is 0 Å². The molecule has 1 aromatic rings. The Kier molecular flexibility index (Phi) is 7.65. The van der Waals surface area contributed by atoms with E-state index >= 15 is 0 Å². The van der Waals surface area contributed by atoms with Crippen molar-refractivity contribution in [3.05, 3.63) is 22.8 Å². The molecule has 0 aromatic carbocycles. The van der Waals surface area contributed by atoms with E-state index in [1.165, 1.54) is 23.4 Å². The van der Waals surface area contributed by atoms with Crippen molar-refractivity contribution in [2.75, 3.05) is 13.1 Å². The standard InChI is InChI=1S/C16H29N3/c1-5-9-16-18-14(7-3)13(15(8-4)19-16)10-12-17-11-6-2/h17H,5-12H2,1-4H3. The lowest BCUT2D eigenvalue weighted by Crippen LogP contribution is -2.20. The molecule has 1 rings (SSSR count). The zero-order valence-corrected chi connectivity index (χ0v) is 13.1. The maximum atomic E-state index is 4.75. The van der Waals surface area contributed by atoms with Gasteiger partial charge in [-0.2, -0.15) is 0 Å². The minimum Gasteiger partial charge on any atom is -0.316 e. The highest BCUT2D eigenvalue weighted by Crippen LogP contribution is 2.15. The fraction of sp³-hybridized carbons (Fsp3) is 0.750. The molecule has 1 heterocycles. The highest BCUT2D eigenvalue weighted by Gasteiger charge is 2.11. The molecule has 0 unspecified atom stereocenters. The number of rotatable bonds is 9. The van der Waals surface area contributed by atoms with E-state index in [1.54, 1.807) is 0 Å². The van der Waals surface area contributed by atoms with Crippen molar-refractivity contribution >= 4 is 0 Å². The third-order valence-corrected chi connectivity index (χ3v) is 3.35. The van der Waals surface area contributed by atoms with E-state index in [-0.39, 0.29) is 0 Å². The van der Waals surface area contributed by atoms with Crippen LogP contribution in [0.3, 0.4) is 0 Å². The summed E-state index contributed by atoms with van der Waals surface area (Å²) >= 11 is 0. The predicted octanol–water partition coefficient (Wildman–Crippen LogP) is 3.10. The van der Waals surface area contributed by atoms with Crippen molar-refractivity contribution in [1.29, 1.82) is 0 Å². The van der Waals surface area contributed by atoms with Gasteiger partial charge in [0.2, 0.25) is 0 Å². The third kappa shape index (κ3) is 4.90. The quantitative estimate of drug-likeness (QED) is 0.696. The van der Waals surface area contributed by atoms with Crippen LogP contribution in [0.5, 0.6) is 0 Å². The van der Waals surface area contributed by atoms with Crippen LogP contribution in [-0.4, -0.2) is 23.1 Å². The number of aromatic nitrogens is 2. The Morgan fingerprint density at radius 2 is 1.42 bits per heavy atom. The van der Waals surface area contributed by atoms with E-state index in [0.717, 1.165) is 51.0 Å². The van der Waals surface area contributed by atoms with E-state index in [2.05, 4.69) is 33.0 Å². The van der Waals surface area contributed by atoms with Crippen LogP contribution in [0.25, 0.3) is 0 Å². The summed E-state index contributed by atoms with van der Waals surface area (Å²) in [7, 11) is 0. The topological polar surface area (TPSA) is 37.8 Å². The van der Waals surface area contributed by atoms with Crippen molar-refractivity contribution < 1.29 is 0 Å². The predicted molar refractivity (Wildman–Crippen MR) is 81.6 cm³/mol. The Hall–Kier alpha value is -0.960. The molecule has 0 radical (unpaired) electrons. The Morgan fingerprint density at radius 3 is 1.89 bits per heavy atom. The van der Waals surface area contributed by atoms with Crippen LogP contribution in [0, 0.1) is 0 Å². The average Bonchev–Trinajstić information content (AvgIpc) is 2.44. The first-order valence-corrected chi connectivity index (χ1v) is 7.84. The molecule has 0 bridgehead atoms. The van der Waals surface area contributed by atoms with Crippen LogP contribution in [0.15, 0.2) is 0 Å². The molecule has 19 heavy (non-hydrogen) atoms. The Bertz CT molecular complexity index is 349. The molecule has 1 aromatic heterocycles. The lowest BCUT2D eigenvalue weighted by atomic mass is 10.0. The third-order valence-electron chi connectivity index (χ3n) is 3.35. The van der Waals surface area contributed by atoms with Crippen LogP contribution in [-0.2, 0) is 25.7 Å². The number of nitrogens with zero attached hydrogens (tertiary/aromatic N) is 2. The first-order valence-electron chi connectivity index (χ1n) is 7.84. The van der Waals surface area contributed by atoms with Crippen LogP contribution >= 0.6 is 0 Å². The largest absolute Gasteiger partial charge is 0.316 e. The molecule has 0 fully saturated rings. The number of aryl methyl sites for hydroxylation is 3. The van der Waals surface area contributed by atoms with E-state index in [0.29, 0.717) is 0 Å². The Labute approximate surface area is 118 Å². The van der Waals surface area contributed by atoms with Crippen molar-refractivity contribution in [2.24, 2.45) is 0 Å². The van der Waals surface area contributed by atoms with Gasteiger partial charge < -0.3 is 5.32 Å². The summed E-state index contributed by atoms with van der Waals surface area (Å²) in [5.41, 5.74) is 3.90. The average molecular weight is 263 g/mol. The van der Waals surface area contributed by atoms with Crippen LogP contribution < -0.4 is 5.32 Å². The number of hydrogen-bond donors (Lipinski definition) is 1. The van der Waals surface area contributed by atoms with Gasteiger partial charge in [-0.15, -0.1) is 0 Å². The maximum absolute atomic E-state index is 4.75. The molecule has 0 saturated heterocycles. The molecule has 3 heteroatoms. The van der Waals surface area contributed by atoms with Crippen LogP contribution in [0.2, 0.25) is 0 Å². The van der Waals surface area contributed by atoms with Gasteiger partial charge in [0, 0.05) is 17.8 Å². The monoisotopic (exact) mass is 263 g/mol. The molecule has 0 saturated carbocycles. The van der Waals surface area contributed by atoms with Crippen molar-refractivity contribution in [3.63, 3.8) is 0 Å². The number of nitrogens with one attached hydrogen (secondary N) is 1. The molecule has 0 aliphatic rings. The first kappa shape index (κ1) is 16.1. The van der Waals surface area contributed by atoms with Gasteiger partial charge in [0.05, 0.1) is 0 Å². The second-order valence-corrected chi connectivity index (χ2v) is 4.97. The number of hydrogen-bond acceptors (Lipinski definition) is 3. The van der Waals surface area contributed by atoms with E-state index < -0.39 is 0 Å². The van der Waals surface area contributed by atoms with Crippen LogP contribution in [0.1, 0.15) is 63.3 Å². The summed E-state index contributed by atoms with van der Waals surface area (Å²) in [5, 5.41) is 3.47. The first-order chi connectivity index (χ1) is 9.26. The molecule has 3 nitrogen and oxygen atoms in total. The molecule has 0 aliphatic carbocycles. The highest BCUT2D eigenvalue weighted by atomic mass is 14.9. The summed E-state index contributed by atoms with van der Waals surface area (Å²) in [6, 6.07) is 0. The maximum Gasteiger partial charge on any atom is 0.128 e. The lowest BCUT2D eigenvalue weighted by Gasteiger charge is -2.14. The van der Waals surface area contributed by atoms with Gasteiger partial charge in [-0.3, -0.25) is 0 Å². The molecule has 0 aliphatic heterocycles. The SMILES string of the molecule is CCCNCCc1c(CC)nc(CCC)nc1CC. The fourth-order valence-corrected chi connectivity index (χ4v) is 2.36. The van der Waals surface area contributed by atoms with Gasteiger partial charge in [-0.25, -0.2) is 9.97 Å². The van der Waals surface area contributed by atoms with Gasteiger partial charge in [0.15, 0.2) is 0 Å². The molecule has 0 atom stereocenters. The van der Waals surface area contributed by atoms with Gasteiger partial charge in [0.25, 0.3) is 0 Å². The summed E-state index contributed by atoms with van der Waals surface area (Å²) in [6.45, 7) is 10.9. The zero-order valence-electron chi connectivity index (χ0n) is 13.1. The summed E-state index contributed by atoms with van der Waals surface area (Å²) in [4.78, 5) is 9.50. The molecular weight excluding hydrogens is 234 g/mol. The fourth-order valence-electron chi connectivity index (χ4n) is 2.36. The molecule has 1 N–H and O–H groups in total. The lowest BCUT2D eigenvalue weighted by molar-refractivity contribution is 0.659. The zero-order chi connectivity index (χ0) is 14.1. The summed E-state index contributed by atoms with van der Waals surface area (Å²) in [5.74, 6) is 1.03. The highest BCUT2D eigenvalue weighted by molar-refractivity contribution is 5.27. The smallest absolute Gasteiger partial charge is 0.128 e. The summed E-state index contributed by atoms with van der Waals surface area (Å²) < 4.78 is 0. The molecule has 0 amide bonds. The Balaban J connectivity index is 2.86. The molecule has 108 valence electrons. The van der Waals surface area contributed by atoms with E-state index in [4.69, 9.17) is 9.97 Å². The van der Waals surface area contributed by atoms with Crippen molar-refractivity contribution in [3.8, 4) is 0 Å². The van der Waals surface area contributed by atoms with E-state index in [9.17, 15) is 0 Å². The second-order valence-electron chi connectivity index (χ2n) is 4.97. The van der Waals surface area contributed by atoms with Gasteiger partial charge in [-0.05, 0) is 50.8 Å². The van der Waals surface area contributed by atoms with Gasteiger partial charge >= 0.3 is 0 Å². The van der Waals surface area contributed by atoms with Gasteiger partial charge in [-0.1, -0.05) is 27.7 Å². The Morgan fingerprint density at radius 1 is 0.789 bits per heavy atom. The minimum atomic E-state index is 0.994. The minimum absolute atomic E-state index is 0.994. The van der Waals surface area contributed by atoms with Gasteiger partial charge in [0.1, 0.15) is 5.82 Å². The van der Waals surface area contributed by atoms with Crippen molar-refractivity contribution in [2.45, 2.75) is 66.2 Å². The van der Waals surface area contributed by atoms with E-state index in [1.807, 2.05) is 0 Å². The molecular formula is C16H29N3.